The highest BCUT2D eigenvalue weighted by Gasteiger charge is 2.14. The summed E-state index contributed by atoms with van der Waals surface area (Å²) in [6, 6.07) is 0. The maximum absolute atomic E-state index is 5.55. The highest BCUT2D eigenvalue weighted by atomic mass is 32.1. The fourth-order valence-electron chi connectivity index (χ4n) is 1.75. The summed E-state index contributed by atoms with van der Waals surface area (Å²) in [7, 11) is 4.03. The van der Waals surface area contributed by atoms with E-state index in [4.69, 9.17) is 4.74 Å². The first-order chi connectivity index (χ1) is 7.75. The van der Waals surface area contributed by atoms with Crippen molar-refractivity contribution < 1.29 is 4.74 Å². The van der Waals surface area contributed by atoms with Gasteiger partial charge in [0.1, 0.15) is 0 Å². The lowest BCUT2D eigenvalue weighted by atomic mass is 10.2. The molecule has 0 bridgehead atoms. The van der Waals surface area contributed by atoms with Crippen LogP contribution >= 0.6 is 11.3 Å². The van der Waals surface area contributed by atoms with Crippen molar-refractivity contribution >= 4 is 16.5 Å². The molecule has 1 unspecified atom stereocenters. The number of nitrogens with zero attached hydrogens (tertiary/aromatic N) is 2. The molecular weight excluding hydrogens is 222 g/mol. The molecule has 4 nitrogen and oxygen atoms in total. The number of thiazole rings is 1. The van der Waals surface area contributed by atoms with Crippen LogP contribution < -0.4 is 10.2 Å². The molecule has 0 radical (unpaired) electrons. The van der Waals surface area contributed by atoms with Crippen molar-refractivity contribution in [3.8, 4) is 0 Å². The van der Waals surface area contributed by atoms with E-state index in [0.29, 0.717) is 6.10 Å². The highest BCUT2D eigenvalue weighted by Crippen LogP contribution is 2.20. The molecular formula is C11H19N3OS. The molecule has 0 spiro atoms. The summed E-state index contributed by atoms with van der Waals surface area (Å²) < 4.78 is 5.55. The molecule has 1 saturated heterocycles. The van der Waals surface area contributed by atoms with Crippen LogP contribution in [0.5, 0.6) is 0 Å². The molecule has 1 aromatic heterocycles. The molecule has 2 heterocycles. The summed E-state index contributed by atoms with van der Waals surface area (Å²) in [4.78, 5) is 7.65. The fraction of sp³-hybridized carbons (Fsp3) is 0.727. The zero-order valence-corrected chi connectivity index (χ0v) is 10.7. The molecule has 2 rings (SSSR count). The second kappa shape index (κ2) is 5.61. The summed E-state index contributed by atoms with van der Waals surface area (Å²) in [5.74, 6) is 0. The van der Waals surface area contributed by atoms with Crippen LogP contribution in [0.1, 0.15) is 17.7 Å². The Kier molecular flexibility index (Phi) is 4.15. The number of hydrogen-bond acceptors (Lipinski definition) is 5. The molecule has 0 amide bonds. The van der Waals surface area contributed by atoms with Crippen molar-refractivity contribution in [1.29, 1.82) is 0 Å². The van der Waals surface area contributed by atoms with Crippen molar-refractivity contribution in [3.05, 3.63) is 11.1 Å². The number of ether oxygens (including phenoxy) is 1. The maximum Gasteiger partial charge on any atom is 0.185 e. The second-order valence-corrected chi connectivity index (χ2v) is 5.36. The quantitative estimate of drug-likeness (QED) is 0.847. The van der Waals surface area contributed by atoms with Gasteiger partial charge in [0, 0.05) is 44.9 Å². The molecule has 0 saturated carbocycles. The molecule has 1 atom stereocenters. The summed E-state index contributed by atoms with van der Waals surface area (Å²) >= 11 is 1.73. The van der Waals surface area contributed by atoms with Gasteiger partial charge in [0.25, 0.3) is 0 Å². The Bertz CT molecular complexity index is 321. The Morgan fingerprint density at radius 1 is 1.62 bits per heavy atom. The molecule has 1 aromatic rings. The van der Waals surface area contributed by atoms with Crippen LogP contribution in [0.3, 0.4) is 0 Å². The van der Waals surface area contributed by atoms with Gasteiger partial charge in [-0.25, -0.2) is 4.98 Å². The van der Waals surface area contributed by atoms with E-state index in [-0.39, 0.29) is 0 Å². The van der Waals surface area contributed by atoms with Gasteiger partial charge in [-0.3, -0.25) is 0 Å². The van der Waals surface area contributed by atoms with Crippen molar-refractivity contribution in [3.63, 3.8) is 0 Å². The van der Waals surface area contributed by atoms with Crippen molar-refractivity contribution in [1.82, 2.24) is 10.3 Å². The molecule has 1 N–H and O–H groups in total. The van der Waals surface area contributed by atoms with E-state index in [1.165, 1.54) is 17.7 Å². The molecule has 5 heteroatoms. The van der Waals surface area contributed by atoms with Crippen LogP contribution in [0, 0.1) is 0 Å². The van der Waals surface area contributed by atoms with E-state index < -0.39 is 0 Å². The van der Waals surface area contributed by atoms with Crippen LogP contribution in [0.4, 0.5) is 5.13 Å². The Hall–Kier alpha value is -0.650. The number of hydrogen-bond donors (Lipinski definition) is 1. The van der Waals surface area contributed by atoms with Crippen LogP contribution in [-0.2, 0) is 11.3 Å². The summed E-state index contributed by atoms with van der Waals surface area (Å²) in [5, 5.41) is 4.49. The third-order valence-electron chi connectivity index (χ3n) is 2.62. The molecule has 0 aromatic carbocycles. The van der Waals surface area contributed by atoms with E-state index >= 15 is 0 Å². The van der Waals surface area contributed by atoms with Gasteiger partial charge in [-0.15, -0.1) is 11.3 Å². The third-order valence-corrected chi connectivity index (χ3v) is 3.78. The first-order valence-electron chi connectivity index (χ1n) is 5.70. The predicted molar refractivity (Wildman–Crippen MR) is 67.1 cm³/mol. The lowest BCUT2D eigenvalue weighted by molar-refractivity contribution is 0.110. The molecule has 1 fully saturated rings. The minimum absolute atomic E-state index is 0.418. The molecule has 16 heavy (non-hydrogen) atoms. The monoisotopic (exact) mass is 241 g/mol. The van der Waals surface area contributed by atoms with E-state index in [9.17, 15) is 0 Å². The number of anilines is 1. The first-order valence-corrected chi connectivity index (χ1v) is 6.51. The van der Waals surface area contributed by atoms with Gasteiger partial charge in [0.05, 0.1) is 6.10 Å². The van der Waals surface area contributed by atoms with Crippen molar-refractivity contribution in [2.24, 2.45) is 0 Å². The average molecular weight is 241 g/mol. The average Bonchev–Trinajstić information content (AvgIpc) is 2.87. The van der Waals surface area contributed by atoms with Gasteiger partial charge in [-0.05, 0) is 12.8 Å². The van der Waals surface area contributed by atoms with Crippen LogP contribution in [0.15, 0.2) is 6.20 Å². The van der Waals surface area contributed by atoms with Gasteiger partial charge in [-0.2, -0.15) is 0 Å². The van der Waals surface area contributed by atoms with Crippen molar-refractivity contribution in [2.45, 2.75) is 25.5 Å². The van der Waals surface area contributed by atoms with Crippen LogP contribution in [0.25, 0.3) is 0 Å². The lowest BCUT2D eigenvalue weighted by Gasteiger charge is -2.09. The SMILES string of the molecule is CN(C)c1ncc(CNCC2CCCO2)s1. The minimum atomic E-state index is 0.418. The van der Waals surface area contributed by atoms with E-state index in [0.717, 1.165) is 24.8 Å². The Labute approximate surface area is 101 Å². The summed E-state index contributed by atoms with van der Waals surface area (Å²) in [6.07, 6.45) is 4.76. The summed E-state index contributed by atoms with van der Waals surface area (Å²) in [6.45, 7) is 2.78. The molecule has 0 aliphatic carbocycles. The molecule has 90 valence electrons. The van der Waals surface area contributed by atoms with E-state index in [1.807, 2.05) is 25.2 Å². The Morgan fingerprint density at radius 3 is 3.12 bits per heavy atom. The van der Waals surface area contributed by atoms with Crippen molar-refractivity contribution in [2.75, 3.05) is 32.1 Å². The van der Waals surface area contributed by atoms with E-state index in [1.54, 1.807) is 11.3 Å². The van der Waals surface area contributed by atoms with Gasteiger partial charge < -0.3 is 15.0 Å². The van der Waals surface area contributed by atoms with Crippen LogP contribution in [0.2, 0.25) is 0 Å². The molecule has 1 aliphatic heterocycles. The number of aromatic nitrogens is 1. The van der Waals surface area contributed by atoms with Crippen LogP contribution in [-0.4, -0.2) is 38.3 Å². The standard InChI is InChI=1S/C11H19N3OS/c1-14(2)11-13-8-10(16-11)7-12-6-9-4-3-5-15-9/h8-9,12H,3-7H2,1-2H3. The first kappa shape index (κ1) is 11.8. The number of nitrogens with one attached hydrogen (secondary N) is 1. The third kappa shape index (κ3) is 3.17. The van der Waals surface area contributed by atoms with Gasteiger partial charge in [0.2, 0.25) is 0 Å². The highest BCUT2D eigenvalue weighted by molar-refractivity contribution is 7.15. The molecule has 1 aliphatic rings. The Balaban J connectivity index is 1.72. The van der Waals surface area contributed by atoms with Gasteiger partial charge in [0.15, 0.2) is 5.13 Å². The normalized spacial score (nSPS) is 20.2. The predicted octanol–water partition coefficient (Wildman–Crippen LogP) is 1.48. The zero-order chi connectivity index (χ0) is 11.4. The largest absolute Gasteiger partial charge is 0.377 e. The zero-order valence-electron chi connectivity index (χ0n) is 9.90. The Morgan fingerprint density at radius 2 is 2.50 bits per heavy atom. The topological polar surface area (TPSA) is 37.4 Å². The maximum atomic E-state index is 5.55. The fourth-order valence-corrected chi connectivity index (χ4v) is 2.55. The van der Waals surface area contributed by atoms with Gasteiger partial charge in [-0.1, -0.05) is 0 Å². The number of rotatable bonds is 5. The summed E-state index contributed by atoms with van der Waals surface area (Å²) in [5.41, 5.74) is 0. The lowest BCUT2D eigenvalue weighted by Crippen LogP contribution is -2.25. The smallest absolute Gasteiger partial charge is 0.185 e. The second-order valence-electron chi connectivity index (χ2n) is 4.27. The van der Waals surface area contributed by atoms with E-state index in [2.05, 4.69) is 10.3 Å². The van der Waals surface area contributed by atoms with Gasteiger partial charge >= 0.3 is 0 Å². The minimum Gasteiger partial charge on any atom is -0.377 e.